The van der Waals surface area contributed by atoms with Crippen molar-refractivity contribution in [3.05, 3.63) is 30.5 Å². The maximum Gasteiger partial charge on any atom is 0.143 e. The number of nitrogens with zero attached hydrogens (tertiary/aromatic N) is 3. The number of rotatable bonds is 6. The third-order valence-electron chi connectivity index (χ3n) is 3.17. The fourth-order valence-electron chi connectivity index (χ4n) is 1.88. The van der Waals surface area contributed by atoms with E-state index in [1.54, 1.807) is 6.33 Å². The van der Waals surface area contributed by atoms with E-state index in [2.05, 4.69) is 29.6 Å². The number of hydrogen-bond acceptors (Lipinski definition) is 4. The first kappa shape index (κ1) is 15.7. The van der Waals surface area contributed by atoms with Gasteiger partial charge in [-0.2, -0.15) is 0 Å². The molecule has 2 heterocycles. The van der Waals surface area contributed by atoms with Crippen LogP contribution in [-0.4, -0.2) is 34.3 Å². The molecule has 0 radical (unpaired) electrons. The summed E-state index contributed by atoms with van der Waals surface area (Å²) in [5, 5.41) is 9.86. The Balaban J connectivity index is 1.97. The van der Waals surface area contributed by atoms with Crippen LogP contribution in [0.5, 0.6) is 5.75 Å². The van der Waals surface area contributed by atoms with Crippen molar-refractivity contribution >= 4 is 8.07 Å². The minimum atomic E-state index is -1.05. The Bertz CT molecular complexity index is 605. The maximum absolute atomic E-state index is 9.86. The van der Waals surface area contributed by atoms with Crippen molar-refractivity contribution in [2.75, 3.05) is 6.61 Å². The highest BCUT2D eigenvalue weighted by molar-refractivity contribution is 6.76. The predicted molar refractivity (Wildman–Crippen MR) is 86.0 cm³/mol. The molecule has 0 unspecified atom stereocenters. The van der Waals surface area contributed by atoms with Crippen LogP contribution in [0.1, 0.15) is 5.69 Å². The van der Waals surface area contributed by atoms with E-state index in [1.807, 2.05) is 23.8 Å². The molecule has 0 atom stereocenters. The van der Waals surface area contributed by atoms with Gasteiger partial charge in [-0.1, -0.05) is 19.6 Å². The molecule has 0 bridgehead atoms. The van der Waals surface area contributed by atoms with Gasteiger partial charge in [-0.15, -0.1) is 0 Å². The van der Waals surface area contributed by atoms with Gasteiger partial charge in [0, 0.05) is 32.1 Å². The highest BCUT2D eigenvalue weighted by Crippen LogP contribution is 2.27. The average molecular weight is 305 g/mol. The number of aromatic nitrogens is 3. The SMILES string of the molecule is Cc1cc(-c2cn(COCC[Si](C)(C)C)cn2)c(O)cn1. The van der Waals surface area contributed by atoms with E-state index < -0.39 is 8.07 Å². The quantitative estimate of drug-likeness (QED) is 0.657. The van der Waals surface area contributed by atoms with E-state index in [4.69, 9.17) is 4.74 Å². The Morgan fingerprint density at radius 2 is 2.05 bits per heavy atom. The molecule has 2 aromatic heterocycles. The summed E-state index contributed by atoms with van der Waals surface area (Å²) in [5.41, 5.74) is 2.28. The molecule has 0 amide bonds. The number of pyridine rings is 1. The predicted octanol–water partition coefficient (Wildman–Crippen LogP) is 3.27. The number of imidazole rings is 1. The lowest BCUT2D eigenvalue weighted by atomic mass is 10.1. The molecule has 0 aliphatic carbocycles. The lowest BCUT2D eigenvalue weighted by Gasteiger charge is -2.15. The number of aryl methyl sites for hydroxylation is 1. The zero-order chi connectivity index (χ0) is 15.5. The van der Waals surface area contributed by atoms with E-state index in [-0.39, 0.29) is 5.75 Å². The Morgan fingerprint density at radius 1 is 1.29 bits per heavy atom. The van der Waals surface area contributed by atoms with Crippen molar-refractivity contribution in [2.45, 2.75) is 39.3 Å². The molecule has 0 aromatic carbocycles. The van der Waals surface area contributed by atoms with Crippen LogP contribution in [0.15, 0.2) is 24.8 Å². The van der Waals surface area contributed by atoms with Crippen LogP contribution in [0.25, 0.3) is 11.3 Å². The van der Waals surface area contributed by atoms with E-state index >= 15 is 0 Å². The molecule has 0 aliphatic heterocycles. The Hall–Kier alpha value is -1.66. The molecule has 114 valence electrons. The van der Waals surface area contributed by atoms with Crippen molar-refractivity contribution in [3.63, 3.8) is 0 Å². The van der Waals surface area contributed by atoms with Crippen LogP contribution in [0, 0.1) is 6.92 Å². The summed E-state index contributed by atoms with van der Waals surface area (Å²) >= 11 is 0. The first-order valence-corrected chi connectivity index (χ1v) is 10.8. The van der Waals surface area contributed by atoms with Crippen molar-refractivity contribution in [2.24, 2.45) is 0 Å². The monoisotopic (exact) mass is 305 g/mol. The van der Waals surface area contributed by atoms with Crippen molar-refractivity contribution in [1.82, 2.24) is 14.5 Å². The van der Waals surface area contributed by atoms with Gasteiger partial charge in [0.05, 0.1) is 18.2 Å². The molecule has 6 heteroatoms. The van der Waals surface area contributed by atoms with Gasteiger partial charge in [-0.05, 0) is 19.0 Å². The molecule has 0 aliphatic rings. The summed E-state index contributed by atoms with van der Waals surface area (Å²) in [6.45, 7) is 10.2. The molecule has 2 aromatic rings. The first-order chi connectivity index (χ1) is 9.85. The van der Waals surface area contributed by atoms with Gasteiger partial charge in [0.1, 0.15) is 12.5 Å². The third-order valence-corrected chi connectivity index (χ3v) is 4.87. The minimum absolute atomic E-state index is 0.144. The van der Waals surface area contributed by atoms with Gasteiger partial charge in [-0.25, -0.2) is 4.98 Å². The van der Waals surface area contributed by atoms with E-state index in [0.29, 0.717) is 12.3 Å². The summed E-state index contributed by atoms with van der Waals surface area (Å²) in [5.74, 6) is 0.144. The van der Waals surface area contributed by atoms with Gasteiger partial charge in [0.2, 0.25) is 0 Å². The third kappa shape index (κ3) is 4.68. The second-order valence-corrected chi connectivity index (χ2v) is 12.1. The van der Waals surface area contributed by atoms with Crippen LogP contribution < -0.4 is 0 Å². The summed E-state index contributed by atoms with van der Waals surface area (Å²) in [6, 6.07) is 2.98. The van der Waals surface area contributed by atoms with Crippen molar-refractivity contribution < 1.29 is 9.84 Å². The fraction of sp³-hybridized carbons (Fsp3) is 0.467. The highest BCUT2D eigenvalue weighted by Gasteiger charge is 2.12. The van der Waals surface area contributed by atoms with Gasteiger partial charge >= 0.3 is 0 Å². The summed E-state index contributed by atoms with van der Waals surface area (Å²) in [7, 11) is -1.05. The molecule has 0 fully saturated rings. The normalized spacial score (nSPS) is 11.8. The van der Waals surface area contributed by atoms with Gasteiger partial charge in [0.15, 0.2) is 0 Å². The highest BCUT2D eigenvalue weighted by atomic mass is 28.3. The van der Waals surface area contributed by atoms with E-state index in [9.17, 15) is 5.11 Å². The largest absolute Gasteiger partial charge is 0.506 e. The van der Waals surface area contributed by atoms with Crippen molar-refractivity contribution in [3.8, 4) is 17.0 Å². The second kappa shape index (κ2) is 6.40. The van der Waals surface area contributed by atoms with Gasteiger partial charge < -0.3 is 14.4 Å². The first-order valence-electron chi connectivity index (χ1n) is 7.11. The molecule has 0 saturated carbocycles. The van der Waals surface area contributed by atoms with Crippen LogP contribution in [0.2, 0.25) is 25.7 Å². The van der Waals surface area contributed by atoms with Crippen LogP contribution in [-0.2, 0) is 11.5 Å². The van der Waals surface area contributed by atoms with Crippen molar-refractivity contribution in [1.29, 1.82) is 0 Å². The second-order valence-electron chi connectivity index (χ2n) is 6.46. The lowest BCUT2D eigenvalue weighted by molar-refractivity contribution is 0.0871. The standard InChI is InChI=1S/C15H23N3O2Si/c1-12-7-13(15(19)8-16-12)14-9-18(10-17-14)11-20-5-6-21(2,3)4/h7-10,19H,5-6,11H2,1-4H3. The summed E-state index contributed by atoms with van der Waals surface area (Å²) < 4.78 is 7.57. The number of ether oxygens (including phenoxy) is 1. The van der Waals surface area contributed by atoms with Crippen LogP contribution in [0.3, 0.4) is 0 Å². The molecule has 21 heavy (non-hydrogen) atoms. The maximum atomic E-state index is 9.86. The van der Waals surface area contributed by atoms with Gasteiger partial charge in [0.25, 0.3) is 0 Å². The smallest absolute Gasteiger partial charge is 0.143 e. The molecule has 2 rings (SSSR count). The van der Waals surface area contributed by atoms with Crippen LogP contribution >= 0.6 is 0 Å². The number of aromatic hydroxyl groups is 1. The lowest BCUT2D eigenvalue weighted by Crippen LogP contribution is -2.21. The molecule has 1 N–H and O–H groups in total. The van der Waals surface area contributed by atoms with E-state index in [0.717, 1.165) is 24.0 Å². The fourth-order valence-corrected chi connectivity index (χ4v) is 2.63. The summed E-state index contributed by atoms with van der Waals surface area (Å²) in [4.78, 5) is 8.37. The van der Waals surface area contributed by atoms with E-state index in [1.165, 1.54) is 6.20 Å². The topological polar surface area (TPSA) is 60.2 Å². The molecule has 0 spiro atoms. The average Bonchev–Trinajstić information content (AvgIpc) is 2.85. The molecular formula is C15H23N3O2Si. The van der Waals surface area contributed by atoms with Crippen LogP contribution in [0.4, 0.5) is 0 Å². The molecular weight excluding hydrogens is 282 g/mol. The zero-order valence-electron chi connectivity index (χ0n) is 13.1. The Morgan fingerprint density at radius 3 is 2.76 bits per heavy atom. The summed E-state index contributed by atoms with van der Waals surface area (Å²) in [6.07, 6.45) is 5.05. The number of hydrogen-bond donors (Lipinski definition) is 1. The zero-order valence-corrected chi connectivity index (χ0v) is 14.1. The van der Waals surface area contributed by atoms with Gasteiger partial charge in [-0.3, -0.25) is 4.98 Å². The Kier molecular flexibility index (Phi) is 4.79. The molecule has 0 saturated heterocycles. The minimum Gasteiger partial charge on any atom is -0.506 e. The molecule has 5 nitrogen and oxygen atoms in total. The Labute approximate surface area is 126 Å².